The van der Waals surface area contributed by atoms with Crippen molar-refractivity contribution in [2.45, 2.75) is 0 Å². The molecule has 0 aliphatic carbocycles. The van der Waals surface area contributed by atoms with Crippen molar-refractivity contribution in [2.75, 3.05) is 4.90 Å². The number of nitrogens with zero attached hydrogens (tertiary/aromatic N) is 1. The Morgan fingerprint density at radius 2 is 0.561 bits per heavy atom. The number of benzene rings is 11. The topological polar surface area (TPSA) is 16.4 Å². The van der Waals surface area contributed by atoms with Gasteiger partial charge in [-0.05, 0) is 115 Å². The molecular formula is C64H43NO. The lowest BCUT2D eigenvalue weighted by Gasteiger charge is -2.26. The summed E-state index contributed by atoms with van der Waals surface area (Å²) in [5.41, 5.74) is 16.7. The third-order valence-corrected chi connectivity index (χ3v) is 12.9. The van der Waals surface area contributed by atoms with Crippen LogP contribution in [0.3, 0.4) is 0 Å². The lowest BCUT2D eigenvalue weighted by Crippen LogP contribution is -2.09. The zero-order valence-electron chi connectivity index (χ0n) is 36.2. The predicted molar refractivity (Wildman–Crippen MR) is 279 cm³/mol. The molecule has 0 atom stereocenters. The van der Waals surface area contributed by atoms with Crippen molar-refractivity contribution in [3.8, 4) is 67.0 Å². The van der Waals surface area contributed by atoms with E-state index in [4.69, 9.17) is 4.42 Å². The molecular weight excluding hydrogens is 799 g/mol. The van der Waals surface area contributed by atoms with Crippen molar-refractivity contribution in [1.29, 1.82) is 0 Å². The minimum absolute atomic E-state index is 0.854. The molecule has 2 nitrogen and oxygen atoms in total. The third-order valence-electron chi connectivity index (χ3n) is 12.9. The van der Waals surface area contributed by atoms with E-state index in [2.05, 4.69) is 266 Å². The van der Waals surface area contributed by atoms with Gasteiger partial charge in [-0.25, -0.2) is 0 Å². The van der Waals surface area contributed by atoms with Crippen LogP contribution in [-0.4, -0.2) is 0 Å². The highest BCUT2D eigenvalue weighted by Gasteiger charge is 2.24. The number of furan rings is 1. The van der Waals surface area contributed by atoms with Gasteiger partial charge in [-0.15, -0.1) is 0 Å². The van der Waals surface area contributed by atoms with E-state index in [1.165, 1.54) is 49.7 Å². The quantitative estimate of drug-likeness (QED) is 0.135. The summed E-state index contributed by atoms with van der Waals surface area (Å²) in [4.78, 5) is 2.35. The Kier molecular flexibility index (Phi) is 9.89. The van der Waals surface area contributed by atoms with Gasteiger partial charge in [0.05, 0.1) is 0 Å². The number of rotatable bonds is 9. The van der Waals surface area contributed by atoms with E-state index in [1.807, 2.05) is 0 Å². The molecule has 0 aliphatic heterocycles. The third kappa shape index (κ3) is 7.12. The Balaban J connectivity index is 1.06. The van der Waals surface area contributed by atoms with Gasteiger partial charge in [-0.2, -0.15) is 0 Å². The highest BCUT2D eigenvalue weighted by Crippen LogP contribution is 2.49. The summed E-state index contributed by atoms with van der Waals surface area (Å²) < 4.78 is 7.30. The highest BCUT2D eigenvalue weighted by atomic mass is 16.3. The molecule has 2 heteroatoms. The van der Waals surface area contributed by atoms with Gasteiger partial charge in [0, 0.05) is 39.0 Å². The van der Waals surface area contributed by atoms with E-state index in [-0.39, 0.29) is 0 Å². The first-order valence-corrected chi connectivity index (χ1v) is 22.6. The summed E-state index contributed by atoms with van der Waals surface area (Å²) in [5, 5.41) is 5.72. The molecule has 66 heavy (non-hydrogen) atoms. The van der Waals surface area contributed by atoms with E-state index in [1.54, 1.807) is 0 Å². The normalized spacial score (nSPS) is 11.3. The Bertz CT molecular complexity index is 3540. The van der Waals surface area contributed by atoms with E-state index in [0.717, 1.165) is 66.8 Å². The van der Waals surface area contributed by atoms with Crippen LogP contribution >= 0.6 is 0 Å². The molecule has 0 amide bonds. The van der Waals surface area contributed by atoms with Crippen LogP contribution in [0.25, 0.3) is 99.5 Å². The molecule has 0 spiro atoms. The van der Waals surface area contributed by atoms with Gasteiger partial charge >= 0.3 is 0 Å². The van der Waals surface area contributed by atoms with Crippen LogP contribution in [0.5, 0.6) is 0 Å². The van der Waals surface area contributed by atoms with E-state index in [9.17, 15) is 0 Å². The maximum atomic E-state index is 7.30. The summed E-state index contributed by atoms with van der Waals surface area (Å²) in [7, 11) is 0. The zero-order chi connectivity index (χ0) is 43.8. The first-order valence-electron chi connectivity index (χ1n) is 22.6. The molecule has 12 aromatic rings. The Labute approximate surface area is 384 Å². The smallest absolute Gasteiger partial charge is 0.143 e. The zero-order valence-corrected chi connectivity index (χ0v) is 36.2. The Hall–Kier alpha value is -8.72. The Morgan fingerprint density at radius 3 is 0.985 bits per heavy atom. The fraction of sp³-hybridized carbons (Fsp3) is 0. The lowest BCUT2D eigenvalue weighted by molar-refractivity contribution is 0.636. The average molecular weight is 842 g/mol. The van der Waals surface area contributed by atoms with Crippen LogP contribution in [-0.2, 0) is 0 Å². The molecule has 0 N–H and O–H groups in total. The van der Waals surface area contributed by atoms with Crippen LogP contribution in [0.1, 0.15) is 0 Å². The standard InChI is InChI=1S/C64H43NO/c1-6-16-44(17-7-1)48-26-34-54(35-27-48)65(55-36-28-49(29-37-55)45-18-8-2-9-19-45)56-38-30-50(31-39-56)61-62-59-42-52(46-20-10-3-11-21-46)32-40-57(59)58-41-33-53(47-22-12-4-13-23-47)43-60(58)64(62)66-63(61)51-24-14-5-15-25-51/h1-43H. The van der Waals surface area contributed by atoms with E-state index >= 15 is 0 Å². The van der Waals surface area contributed by atoms with Crippen LogP contribution in [0.15, 0.2) is 265 Å². The van der Waals surface area contributed by atoms with Crippen molar-refractivity contribution in [3.63, 3.8) is 0 Å². The summed E-state index contributed by atoms with van der Waals surface area (Å²) >= 11 is 0. The first kappa shape index (κ1) is 38.9. The van der Waals surface area contributed by atoms with Gasteiger partial charge in [-0.3, -0.25) is 0 Å². The molecule has 0 aliphatic rings. The minimum atomic E-state index is 0.854. The second-order valence-corrected chi connectivity index (χ2v) is 16.8. The maximum Gasteiger partial charge on any atom is 0.143 e. The molecule has 0 bridgehead atoms. The molecule has 11 aromatic carbocycles. The molecule has 0 unspecified atom stereocenters. The summed E-state index contributed by atoms with van der Waals surface area (Å²) in [6, 6.07) is 93.6. The maximum absolute atomic E-state index is 7.30. The monoisotopic (exact) mass is 841 g/mol. The van der Waals surface area contributed by atoms with Crippen molar-refractivity contribution in [3.05, 3.63) is 261 Å². The molecule has 0 radical (unpaired) electrons. The van der Waals surface area contributed by atoms with E-state index in [0.29, 0.717) is 0 Å². The van der Waals surface area contributed by atoms with Crippen LogP contribution in [0.2, 0.25) is 0 Å². The summed E-state index contributed by atoms with van der Waals surface area (Å²) in [6.45, 7) is 0. The molecule has 310 valence electrons. The summed E-state index contributed by atoms with van der Waals surface area (Å²) in [5.74, 6) is 0.854. The minimum Gasteiger partial charge on any atom is -0.455 e. The first-order chi connectivity index (χ1) is 32.7. The van der Waals surface area contributed by atoms with Gasteiger partial charge in [0.15, 0.2) is 0 Å². The SMILES string of the molecule is c1ccc(-c2ccc(N(c3ccc(-c4ccccc4)cc3)c3ccc(-c4c(-c5ccccc5)oc5c6cc(-c7ccccc7)ccc6c6ccc(-c7ccccc7)cc6c45)cc3)cc2)cc1. The average Bonchev–Trinajstić information content (AvgIpc) is 3.82. The van der Waals surface area contributed by atoms with E-state index < -0.39 is 0 Å². The highest BCUT2D eigenvalue weighted by molar-refractivity contribution is 6.29. The molecule has 1 aromatic heterocycles. The van der Waals surface area contributed by atoms with Gasteiger partial charge in [0.1, 0.15) is 11.3 Å². The lowest BCUT2D eigenvalue weighted by atomic mass is 9.89. The fourth-order valence-corrected chi connectivity index (χ4v) is 9.61. The van der Waals surface area contributed by atoms with Crippen molar-refractivity contribution >= 4 is 49.6 Å². The molecule has 0 saturated carbocycles. The van der Waals surface area contributed by atoms with Crippen LogP contribution in [0.4, 0.5) is 17.1 Å². The van der Waals surface area contributed by atoms with Crippen LogP contribution < -0.4 is 4.90 Å². The largest absolute Gasteiger partial charge is 0.455 e. The van der Waals surface area contributed by atoms with Gasteiger partial charge < -0.3 is 9.32 Å². The second kappa shape index (κ2) is 16.8. The molecule has 1 heterocycles. The van der Waals surface area contributed by atoms with Crippen LogP contribution in [0, 0.1) is 0 Å². The number of fused-ring (bicyclic) bond motifs is 6. The number of hydrogen-bond acceptors (Lipinski definition) is 2. The van der Waals surface area contributed by atoms with Crippen molar-refractivity contribution in [1.82, 2.24) is 0 Å². The molecule has 12 rings (SSSR count). The van der Waals surface area contributed by atoms with Gasteiger partial charge in [0.2, 0.25) is 0 Å². The fourth-order valence-electron chi connectivity index (χ4n) is 9.61. The van der Waals surface area contributed by atoms with Crippen molar-refractivity contribution in [2.24, 2.45) is 0 Å². The number of anilines is 3. The van der Waals surface area contributed by atoms with Gasteiger partial charge in [-0.1, -0.05) is 212 Å². The number of hydrogen-bond donors (Lipinski definition) is 0. The second-order valence-electron chi connectivity index (χ2n) is 16.8. The van der Waals surface area contributed by atoms with Crippen molar-refractivity contribution < 1.29 is 4.42 Å². The predicted octanol–water partition coefficient (Wildman–Crippen LogP) is 18.2. The molecule has 0 fully saturated rings. The molecule has 0 saturated heterocycles. The Morgan fingerprint density at radius 1 is 0.242 bits per heavy atom. The van der Waals surface area contributed by atoms with Gasteiger partial charge in [0.25, 0.3) is 0 Å². The summed E-state index contributed by atoms with van der Waals surface area (Å²) in [6.07, 6.45) is 0.